The summed E-state index contributed by atoms with van der Waals surface area (Å²) in [5.41, 5.74) is 1.61. The minimum atomic E-state index is -0.744. The van der Waals surface area contributed by atoms with E-state index in [1.807, 2.05) is 19.9 Å². The lowest BCUT2D eigenvalue weighted by Crippen LogP contribution is -2.30. The van der Waals surface area contributed by atoms with Crippen LogP contribution >= 0.6 is 11.6 Å². The third kappa shape index (κ3) is 6.25. The predicted octanol–water partition coefficient (Wildman–Crippen LogP) is 5.79. The van der Waals surface area contributed by atoms with Gasteiger partial charge < -0.3 is 20.1 Å². The van der Waals surface area contributed by atoms with E-state index >= 15 is 0 Å². The number of amides is 2. The Morgan fingerprint density at radius 1 is 0.750 bits per heavy atom. The van der Waals surface area contributed by atoms with Gasteiger partial charge in [-0.25, -0.2) is 0 Å². The Bertz CT molecular complexity index is 1080. The molecule has 6 nitrogen and oxygen atoms in total. The third-order valence-corrected chi connectivity index (χ3v) is 4.73. The Hall–Kier alpha value is -3.51. The smallest absolute Gasteiger partial charge is 0.265 e. The van der Waals surface area contributed by atoms with E-state index in [1.54, 1.807) is 73.7 Å². The zero-order valence-corrected chi connectivity index (χ0v) is 18.8. The molecule has 0 aliphatic heterocycles. The number of halogens is 1. The quantitative estimate of drug-likeness (QED) is 0.453. The minimum absolute atomic E-state index is 0.0452. The van der Waals surface area contributed by atoms with Crippen LogP contribution in [0.15, 0.2) is 72.8 Å². The molecule has 2 N–H and O–H groups in total. The summed E-state index contributed by atoms with van der Waals surface area (Å²) in [6.07, 6.45) is -0.789. The number of hydrogen-bond acceptors (Lipinski definition) is 4. The van der Waals surface area contributed by atoms with Crippen LogP contribution in [0.25, 0.3) is 0 Å². The summed E-state index contributed by atoms with van der Waals surface area (Å²) < 4.78 is 11.3. The van der Waals surface area contributed by atoms with E-state index in [2.05, 4.69) is 10.6 Å². The molecule has 0 heterocycles. The van der Waals surface area contributed by atoms with Crippen molar-refractivity contribution >= 4 is 34.8 Å². The van der Waals surface area contributed by atoms with Gasteiger partial charge in [0.2, 0.25) is 0 Å². The predicted molar refractivity (Wildman–Crippen MR) is 127 cm³/mol. The normalized spacial score (nSPS) is 11.5. The topological polar surface area (TPSA) is 76.7 Å². The van der Waals surface area contributed by atoms with Gasteiger partial charge in [0.25, 0.3) is 11.8 Å². The molecule has 0 aliphatic rings. The highest BCUT2D eigenvalue weighted by molar-refractivity contribution is 6.32. The van der Waals surface area contributed by atoms with Gasteiger partial charge in [0.05, 0.1) is 16.7 Å². The van der Waals surface area contributed by atoms with Crippen molar-refractivity contribution in [2.45, 2.75) is 33.0 Å². The second-order valence-corrected chi connectivity index (χ2v) is 7.78. The lowest BCUT2D eigenvalue weighted by Gasteiger charge is -2.16. The van der Waals surface area contributed by atoms with Crippen molar-refractivity contribution in [1.29, 1.82) is 0 Å². The fraction of sp³-hybridized carbons (Fsp3) is 0.200. The molecule has 0 aromatic heterocycles. The van der Waals surface area contributed by atoms with Crippen molar-refractivity contribution in [3.05, 3.63) is 83.4 Å². The molecular formula is C25H25ClN2O4. The van der Waals surface area contributed by atoms with E-state index in [9.17, 15) is 9.59 Å². The van der Waals surface area contributed by atoms with Crippen LogP contribution in [-0.4, -0.2) is 24.0 Å². The molecule has 3 aromatic rings. The van der Waals surface area contributed by atoms with Gasteiger partial charge in [-0.05, 0) is 69.3 Å². The van der Waals surface area contributed by atoms with Crippen molar-refractivity contribution in [2.75, 3.05) is 10.6 Å². The van der Waals surface area contributed by atoms with Crippen LogP contribution in [0, 0.1) is 0 Å². The monoisotopic (exact) mass is 452 g/mol. The van der Waals surface area contributed by atoms with Gasteiger partial charge in [0.15, 0.2) is 6.10 Å². The zero-order chi connectivity index (χ0) is 23.1. The number of carbonyl (C=O) groups is 2. The molecule has 166 valence electrons. The second-order valence-electron chi connectivity index (χ2n) is 7.37. The van der Waals surface area contributed by atoms with E-state index in [0.717, 1.165) is 0 Å². The highest BCUT2D eigenvalue weighted by atomic mass is 35.5. The largest absolute Gasteiger partial charge is 0.490 e. The Morgan fingerprint density at radius 3 is 1.94 bits per heavy atom. The van der Waals surface area contributed by atoms with Gasteiger partial charge in [-0.1, -0.05) is 35.9 Å². The van der Waals surface area contributed by atoms with Crippen molar-refractivity contribution in [2.24, 2.45) is 0 Å². The Labute approximate surface area is 192 Å². The SMILES string of the molecule is CC(C)Oc1ccccc1C(=O)Nc1ccc(NC(=O)C(C)Oc2ccccc2Cl)cc1. The Kier molecular flexibility index (Phi) is 7.73. The molecular weight excluding hydrogens is 428 g/mol. The van der Waals surface area contributed by atoms with E-state index in [-0.39, 0.29) is 17.9 Å². The number of carbonyl (C=O) groups excluding carboxylic acids is 2. The first-order valence-electron chi connectivity index (χ1n) is 10.2. The standard InChI is InChI=1S/C25H25ClN2O4/c1-16(2)31-22-10-6-4-8-20(22)25(30)28-19-14-12-18(13-15-19)27-24(29)17(3)32-23-11-7-5-9-21(23)26/h4-17H,1-3H3,(H,27,29)(H,28,30). The third-order valence-electron chi connectivity index (χ3n) is 4.41. The van der Waals surface area contributed by atoms with Gasteiger partial charge in [-0.3, -0.25) is 9.59 Å². The van der Waals surface area contributed by atoms with Crippen molar-refractivity contribution in [3.63, 3.8) is 0 Å². The molecule has 0 aliphatic carbocycles. The number of anilines is 2. The van der Waals surface area contributed by atoms with Crippen LogP contribution in [0.5, 0.6) is 11.5 Å². The highest BCUT2D eigenvalue weighted by Crippen LogP contribution is 2.25. The van der Waals surface area contributed by atoms with E-state index in [4.69, 9.17) is 21.1 Å². The summed E-state index contributed by atoms with van der Waals surface area (Å²) in [7, 11) is 0. The molecule has 3 rings (SSSR count). The summed E-state index contributed by atoms with van der Waals surface area (Å²) >= 11 is 6.07. The van der Waals surface area contributed by atoms with Crippen LogP contribution < -0.4 is 20.1 Å². The zero-order valence-electron chi connectivity index (χ0n) is 18.1. The molecule has 0 radical (unpaired) electrons. The first-order valence-corrected chi connectivity index (χ1v) is 10.6. The number of hydrogen-bond donors (Lipinski definition) is 2. The molecule has 0 spiro atoms. The molecule has 0 fully saturated rings. The number of ether oxygens (including phenoxy) is 2. The molecule has 2 amide bonds. The van der Waals surface area contributed by atoms with Crippen LogP contribution in [0.2, 0.25) is 5.02 Å². The molecule has 1 atom stereocenters. The maximum Gasteiger partial charge on any atom is 0.265 e. The Balaban J connectivity index is 1.60. The van der Waals surface area contributed by atoms with Gasteiger partial charge in [-0.15, -0.1) is 0 Å². The fourth-order valence-electron chi connectivity index (χ4n) is 2.87. The number of rotatable bonds is 8. The molecule has 0 bridgehead atoms. The average molecular weight is 453 g/mol. The van der Waals surface area contributed by atoms with Gasteiger partial charge in [-0.2, -0.15) is 0 Å². The number of benzene rings is 3. The van der Waals surface area contributed by atoms with E-state index in [0.29, 0.717) is 33.5 Å². The molecule has 3 aromatic carbocycles. The second kappa shape index (κ2) is 10.7. The molecule has 1 unspecified atom stereocenters. The molecule has 0 saturated heterocycles. The maximum absolute atomic E-state index is 12.7. The van der Waals surface area contributed by atoms with Crippen molar-refractivity contribution < 1.29 is 19.1 Å². The van der Waals surface area contributed by atoms with Crippen LogP contribution in [-0.2, 0) is 4.79 Å². The van der Waals surface area contributed by atoms with Crippen molar-refractivity contribution in [1.82, 2.24) is 0 Å². The Morgan fingerprint density at radius 2 is 1.31 bits per heavy atom. The fourth-order valence-corrected chi connectivity index (χ4v) is 3.05. The average Bonchev–Trinajstić information content (AvgIpc) is 2.76. The van der Waals surface area contributed by atoms with E-state index < -0.39 is 6.10 Å². The van der Waals surface area contributed by atoms with Crippen LogP contribution in [0.3, 0.4) is 0 Å². The first-order chi connectivity index (χ1) is 15.3. The van der Waals surface area contributed by atoms with Gasteiger partial charge >= 0.3 is 0 Å². The van der Waals surface area contributed by atoms with Gasteiger partial charge in [0.1, 0.15) is 11.5 Å². The number of para-hydroxylation sites is 2. The summed E-state index contributed by atoms with van der Waals surface area (Å²) in [6.45, 7) is 5.45. The highest BCUT2D eigenvalue weighted by Gasteiger charge is 2.17. The summed E-state index contributed by atoms with van der Waals surface area (Å²) in [4.78, 5) is 25.1. The molecule has 32 heavy (non-hydrogen) atoms. The van der Waals surface area contributed by atoms with Crippen LogP contribution in [0.1, 0.15) is 31.1 Å². The summed E-state index contributed by atoms with van der Waals surface area (Å²) in [5.74, 6) is 0.370. The minimum Gasteiger partial charge on any atom is -0.490 e. The lowest BCUT2D eigenvalue weighted by molar-refractivity contribution is -0.122. The number of nitrogens with one attached hydrogen (secondary N) is 2. The molecule has 0 saturated carbocycles. The van der Waals surface area contributed by atoms with Crippen molar-refractivity contribution in [3.8, 4) is 11.5 Å². The maximum atomic E-state index is 12.7. The van der Waals surface area contributed by atoms with Crippen LogP contribution in [0.4, 0.5) is 11.4 Å². The first kappa shape index (κ1) is 23.2. The lowest BCUT2D eigenvalue weighted by atomic mass is 10.1. The summed E-state index contributed by atoms with van der Waals surface area (Å²) in [5, 5.41) is 6.07. The van der Waals surface area contributed by atoms with E-state index in [1.165, 1.54) is 0 Å². The van der Waals surface area contributed by atoms with Gasteiger partial charge in [0, 0.05) is 11.4 Å². The summed E-state index contributed by atoms with van der Waals surface area (Å²) in [6, 6.07) is 20.9. The molecule has 7 heteroatoms.